The highest BCUT2D eigenvalue weighted by atomic mass is 16.6. The maximum absolute atomic E-state index is 11.5. The third kappa shape index (κ3) is 13.3. The van der Waals surface area contributed by atoms with Gasteiger partial charge >= 0.3 is 5.97 Å². The van der Waals surface area contributed by atoms with Gasteiger partial charge in [-0.2, -0.15) is 0 Å². The maximum atomic E-state index is 11.5. The van der Waals surface area contributed by atoms with E-state index in [0.29, 0.717) is 40.2 Å². The van der Waals surface area contributed by atoms with E-state index in [4.69, 9.17) is 25.1 Å². The van der Waals surface area contributed by atoms with Crippen LogP contribution >= 0.6 is 0 Å². The minimum Gasteiger partial charge on any atom is -0.480 e. The number of hydrogen-bond acceptors (Lipinski definition) is 15. The van der Waals surface area contributed by atoms with Crippen molar-refractivity contribution in [2.75, 3.05) is 63.2 Å². The molecule has 0 atom stereocenters. The molecule has 49 heavy (non-hydrogen) atoms. The van der Waals surface area contributed by atoms with E-state index in [1.807, 2.05) is 0 Å². The first-order valence-electron chi connectivity index (χ1n) is 13.9. The molecule has 19 heteroatoms. The maximum Gasteiger partial charge on any atom is 0.329 e. The third-order valence-corrected chi connectivity index (χ3v) is 5.64. The van der Waals surface area contributed by atoms with E-state index in [1.54, 1.807) is 50.5 Å². The fourth-order valence-electron chi connectivity index (χ4n) is 3.61. The number of amides is 1. The molecule has 0 saturated heterocycles. The number of hydrogen-bond donors (Lipinski definition) is 5. The van der Waals surface area contributed by atoms with Crippen molar-refractivity contribution < 1.29 is 43.5 Å². The van der Waals surface area contributed by atoms with Crippen LogP contribution in [0.25, 0.3) is 0 Å². The SMILES string of the molecule is CNc1ccc(Oc2ccnc(N)c2)cc1[N+](=O)[O-].CNc1ccc(Oc2ccnc(NC(=O)COC)c2)cc1[N+](=O)[O-].COCC(=O)O. The molecule has 4 aromatic rings. The summed E-state index contributed by atoms with van der Waals surface area (Å²) in [4.78, 5) is 49.8. The van der Waals surface area contributed by atoms with Crippen LogP contribution in [0.5, 0.6) is 23.0 Å². The van der Waals surface area contributed by atoms with Crippen molar-refractivity contribution in [1.82, 2.24) is 9.97 Å². The molecule has 0 aliphatic carbocycles. The molecule has 0 spiro atoms. The van der Waals surface area contributed by atoms with Crippen LogP contribution in [0.3, 0.4) is 0 Å². The number of methoxy groups -OCH3 is 2. The van der Waals surface area contributed by atoms with Gasteiger partial charge in [0.1, 0.15) is 59.2 Å². The van der Waals surface area contributed by atoms with E-state index in [1.165, 1.54) is 50.9 Å². The number of benzene rings is 2. The van der Waals surface area contributed by atoms with E-state index in [9.17, 15) is 29.8 Å². The molecule has 0 bridgehead atoms. The van der Waals surface area contributed by atoms with E-state index in [0.717, 1.165) is 0 Å². The Kier molecular flexibility index (Phi) is 15.6. The van der Waals surface area contributed by atoms with Gasteiger partial charge in [-0.3, -0.25) is 25.0 Å². The Morgan fingerprint density at radius 1 is 0.755 bits per heavy atom. The first-order valence-corrected chi connectivity index (χ1v) is 13.9. The molecule has 19 nitrogen and oxygen atoms in total. The Morgan fingerprint density at radius 3 is 1.63 bits per heavy atom. The Morgan fingerprint density at radius 2 is 1.22 bits per heavy atom. The topological polar surface area (TPSA) is 265 Å². The van der Waals surface area contributed by atoms with Crippen LogP contribution in [0.2, 0.25) is 0 Å². The van der Waals surface area contributed by atoms with Gasteiger partial charge in [0.15, 0.2) is 0 Å². The zero-order chi connectivity index (χ0) is 36.3. The number of nitro groups is 2. The number of carboxylic acids is 1. The molecular formula is C30H34N8O11. The van der Waals surface area contributed by atoms with Crippen molar-refractivity contribution in [3.8, 4) is 23.0 Å². The van der Waals surface area contributed by atoms with Crippen LogP contribution in [-0.4, -0.2) is 78.3 Å². The molecular weight excluding hydrogens is 648 g/mol. The van der Waals surface area contributed by atoms with Gasteiger partial charge in [0.25, 0.3) is 17.3 Å². The summed E-state index contributed by atoms with van der Waals surface area (Å²) in [6.07, 6.45) is 2.95. The number of ether oxygens (including phenoxy) is 4. The smallest absolute Gasteiger partial charge is 0.329 e. The summed E-state index contributed by atoms with van der Waals surface area (Å²) in [5.74, 6) is 0.823. The zero-order valence-corrected chi connectivity index (χ0v) is 26.7. The molecule has 0 fully saturated rings. The van der Waals surface area contributed by atoms with E-state index in [2.05, 4.69) is 30.7 Å². The second-order valence-electron chi connectivity index (χ2n) is 9.18. The van der Waals surface area contributed by atoms with Crippen LogP contribution in [0.1, 0.15) is 0 Å². The summed E-state index contributed by atoms with van der Waals surface area (Å²) < 4.78 is 20.0. The van der Waals surface area contributed by atoms with Gasteiger partial charge in [0.2, 0.25) is 0 Å². The third-order valence-electron chi connectivity index (χ3n) is 5.64. The van der Waals surface area contributed by atoms with Gasteiger partial charge in [-0.15, -0.1) is 0 Å². The molecule has 0 aliphatic heterocycles. The summed E-state index contributed by atoms with van der Waals surface area (Å²) in [6, 6.07) is 15.3. The van der Waals surface area contributed by atoms with Crippen LogP contribution in [0, 0.1) is 20.2 Å². The Bertz CT molecular complexity index is 1740. The predicted molar refractivity (Wildman–Crippen MR) is 178 cm³/mol. The molecule has 0 aliphatic rings. The van der Waals surface area contributed by atoms with Crippen molar-refractivity contribution in [3.63, 3.8) is 0 Å². The Labute approximate surface area is 279 Å². The van der Waals surface area contributed by atoms with Crippen LogP contribution in [0.15, 0.2) is 73.1 Å². The van der Waals surface area contributed by atoms with Gasteiger partial charge in [-0.05, 0) is 36.4 Å². The summed E-state index contributed by atoms with van der Waals surface area (Å²) in [6.45, 7) is -0.301. The fourth-order valence-corrected chi connectivity index (χ4v) is 3.61. The van der Waals surface area contributed by atoms with Crippen molar-refractivity contribution in [1.29, 1.82) is 0 Å². The highest BCUT2D eigenvalue weighted by Gasteiger charge is 2.16. The molecule has 0 radical (unpaired) electrons. The zero-order valence-electron chi connectivity index (χ0n) is 26.7. The number of aromatic nitrogens is 2. The standard InChI is InChI=1S/C15H16N4O5.C12H12N4O3.C3H6O3/c1-16-12-4-3-10(7-13(12)19(21)22)24-11-5-6-17-14(8-11)18-15(20)9-23-2;1-14-10-3-2-8(6-11(10)16(17)18)19-9-4-5-15-12(13)7-9;1-6-2-3(4)5/h3-8,16H,9H2,1-2H3,(H,17,18,20);2-7,14H,1H3,(H2,13,15);2H2,1H3,(H,4,5). The number of nitrogens with one attached hydrogen (secondary N) is 3. The number of pyridine rings is 2. The number of nitro benzene ring substituents is 2. The van der Waals surface area contributed by atoms with Crippen molar-refractivity contribution >= 4 is 46.3 Å². The molecule has 2 aromatic carbocycles. The summed E-state index contributed by atoms with van der Waals surface area (Å²) in [5, 5.41) is 37.8. The van der Waals surface area contributed by atoms with Gasteiger partial charge in [-0.1, -0.05) is 0 Å². The lowest BCUT2D eigenvalue weighted by molar-refractivity contribution is -0.384. The average molecular weight is 683 g/mol. The first-order chi connectivity index (χ1) is 23.4. The van der Waals surface area contributed by atoms with E-state index >= 15 is 0 Å². The highest BCUT2D eigenvalue weighted by Crippen LogP contribution is 2.32. The fraction of sp³-hybridized carbons (Fsp3) is 0.200. The summed E-state index contributed by atoms with van der Waals surface area (Å²) >= 11 is 0. The number of rotatable bonds is 13. The van der Waals surface area contributed by atoms with Crippen LogP contribution < -0.4 is 31.2 Å². The predicted octanol–water partition coefficient (Wildman–Crippen LogP) is 4.53. The number of nitrogen functional groups attached to an aromatic ring is 1. The lowest BCUT2D eigenvalue weighted by atomic mass is 10.2. The molecule has 0 saturated carbocycles. The normalized spacial score (nSPS) is 9.80. The number of aliphatic carboxylic acids is 1. The summed E-state index contributed by atoms with van der Waals surface area (Å²) in [5.41, 5.74) is 6.18. The summed E-state index contributed by atoms with van der Waals surface area (Å²) in [7, 11) is 5.97. The van der Waals surface area contributed by atoms with Crippen molar-refractivity contribution in [2.24, 2.45) is 0 Å². The number of carboxylic acid groups (broad SMARTS) is 1. The first kappa shape index (κ1) is 38.6. The minimum atomic E-state index is -0.933. The van der Waals surface area contributed by atoms with Gasteiger partial charge in [-0.25, -0.2) is 14.8 Å². The molecule has 4 rings (SSSR count). The van der Waals surface area contributed by atoms with Gasteiger partial charge in [0, 0.05) is 52.8 Å². The molecule has 260 valence electrons. The van der Waals surface area contributed by atoms with Crippen LogP contribution in [0.4, 0.5) is 34.4 Å². The minimum absolute atomic E-state index is 0.0537. The van der Waals surface area contributed by atoms with Gasteiger partial charge in [0.05, 0.1) is 22.0 Å². The molecule has 6 N–H and O–H groups in total. The van der Waals surface area contributed by atoms with Crippen molar-refractivity contribution in [2.45, 2.75) is 0 Å². The Hall–Kier alpha value is -6.60. The quantitative estimate of drug-likeness (QED) is 0.0957. The van der Waals surface area contributed by atoms with E-state index in [-0.39, 0.29) is 36.3 Å². The lowest BCUT2D eigenvalue weighted by Gasteiger charge is -2.09. The number of carbonyl (C=O) groups excluding carboxylic acids is 1. The molecule has 0 unspecified atom stereocenters. The monoisotopic (exact) mass is 682 g/mol. The second kappa shape index (κ2) is 19.8. The average Bonchev–Trinajstić information content (AvgIpc) is 3.05. The lowest BCUT2D eigenvalue weighted by Crippen LogP contribution is -2.17. The molecule has 2 aromatic heterocycles. The molecule has 1 amide bonds. The van der Waals surface area contributed by atoms with Crippen LogP contribution in [-0.2, 0) is 19.1 Å². The Balaban J connectivity index is 0.000000297. The number of nitrogens with zero attached hydrogens (tertiary/aromatic N) is 4. The van der Waals surface area contributed by atoms with E-state index < -0.39 is 15.8 Å². The highest BCUT2D eigenvalue weighted by molar-refractivity contribution is 5.90. The number of carbonyl (C=O) groups is 2. The van der Waals surface area contributed by atoms with Gasteiger partial charge < -0.3 is 45.7 Å². The molecule has 2 heterocycles. The number of nitrogens with two attached hydrogens (primary N) is 1. The number of anilines is 4. The van der Waals surface area contributed by atoms with Crippen molar-refractivity contribution in [3.05, 3.63) is 93.3 Å². The second-order valence-corrected chi connectivity index (χ2v) is 9.18. The largest absolute Gasteiger partial charge is 0.480 e.